The Balaban J connectivity index is 1.20. The van der Waals surface area contributed by atoms with Crippen LogP contribution in [-0.2, 0) is 5.41 Å². The molecule has 0 saturated carbocycles. The van der Waals surface area contributed by atoms with Gasteiger partial charge in [0.15, 0.2) is 5.82 Å². The fourth-order valence-corrected chi connectivity index (χ4v) is 8.05. The van der Waals surface area contributed by atoms with Crippen molar-refractivity contribution in [1.29, 1.82) is 0 Å². The Labute approximate surface area is 291 Å². The van der Waals surface area contributed by atoms with Gasteiger partial charge in [-0.3, -0.25) is 0 Å². The number of hydrogen-bond donors (Lipinski definition) is 0. The fraction of sp³-hybridized carbons (Fsp3) is 0.0213. The Hall–Kier alpha value is -6.58. The maximum Gasteiger partial charge on any atom is 0.160 e. The van der Waals surface area contributed by atoms with Crippen LogP contribution in [0.5, 0.6) is 11.5 Å². The molecule has 50 heavy (non-hydrogen) atoms. The molecule has 0 fully saturated rings. The summed E-state index contributed by atoms with van der Waals surface area (Å²) in [5.74, 6) is 2.32. The molecule has 0 saturated heterocycles. The largest absolute Gasteiger partial charge is 0.457 e. The third kappa shape index (κ3) is 4.23. The lowest BCUT2D eigenvalue weighted by Gasteiger charge is -2.39. The van der Waals surface area contributed by atoms with Gasteiger partial charge in [0.25, 0.3) is 0 Å². The van der Waals surface area contributed by atoms with Crippen LogP contribution < -0.4 is 4.74 Å². The molecule has 234 valence electrons. The molecule has 1 aliphatic carbocycles. The lowest BCUT2D eigenvalue weighted by Crippen LogP contribution is -2.32. The number of nitrogens with zero attached hydrogens (tertiary/aromatic N) is 2. The van der Waals surface area contributed by atoms with Gasteiger partial charge < -0.3 is 4.74 Å². The van der Waals surface area contributed by atoms with Crippen molar-refractivity contribution >= 4 is 0 Å². The second-order valence-electron chi connectivity index (χ2n) is 12.9. The lowest BCUT2D eigenvalue weighted by atomic mass is 9.66. The molecule has 3 nitrogen and oxygen atoms in total. The van der Waals surface area contributed by atoms with E-state index in [-0.39, 0.29) is 0 Å². The third-order valence-electron chi connectivity index (χ3n) is 10.2. The van der Waals surface area contributed by atoms with E-state index in [0.717, 1.165) is 61.8 Å². The Kier molecular flexibility index (Phi) is 6.40. The van der Waals surface area contributed by atoms with E-state index < -0.39 is 5.41 Å². The Morgan fingerprint density at radius 1 is 0.340 bits per heavy atom. The molecule has 1 aliphatic heterocycles. The van der Waals surface area contributed by atoms with Gasteiger partial charge in [-0.15, -0.1) is 0 Å². The van der Waals surface area contributed by atoms with Gasteiger partial charge in [0, 0.05) is 27.8 Å². The average Bonchev–Trinajstić information content (AvgIpc) is 3.49. The van der Waals surface area contributed by atoms with E-state index >= 15 is 0 Å². The van der Waals surface area contributed by atoms with Crippen molar-refractivity contribution < 1.29 is 4.74 Å². The second kappa shape index (κ2) is 11.3. The van der Waals surface area contributed by atoms with Crippen LogP contribution in [0, 0.1) is 0 Å². The summed E-state index contributed by atoms with van der Waals surface area (Å²) in [5, 5.41) is 0. The zero-order valence-corrected chi connectivity index (χ0v) is 27.1. The van der Waals surface area contributed by atoms with E-state index in [4.69, 9.17) is 14.7 Å². The standard InChI is InChI=1S/C47H30N2O/c1-3-15-31(16-4-1)34-19-7-8-22-37(34)43-30-42(32-17-5-2-6-18-32)48-46(49-43)33-27-28-41-45(29-33)50-44-26-14-13-25-40(44)47(41)38-23-11-9-20-35(38)36-21-10-12-24-39(36)47/h1-30H. The number of benzene rings is 7. The van der Waals surface area contributed by atoms with E-state index in [2.05, 4.69) is 170 Å². The van der Waals surface area contributed by atoms with Crippen molar-refractivity contribution in [3.8, 4) is 67.7 Å². The van der Waals surface area contributed by atoms with Crippen molar-refractivity contribution in [2.45, 2.75) is 5.41 Å². The minimum atomic E-state index is -0.511. The van der Waals surface area contributed by atoms with Crippen molar-refractivity contribution in [3.63, 3.8) is 0 Å². The molecule has 0 amide bonds. The summed E-state index contributed by atoms with van der Waals surface area (Å²) in [6, 6.07) is 64.0. The molecule has 0 unspecified atom stereocenters. The van der Waals surface area contributed by atoms with Crippen LogP contribution in [-0.4, -0.2) is 9.97 Å². The highest BCUT2D eigenvalue weighted by Crippen LogP contribution is 2.62. The van der Waals surface area contributed by atoms with Gasteiger partial charge >= 0.3 is 0 Å². The van der Waals surface area contributed by atoms with Gasteiger partial charge in [-0.2, -0.15) is 0 Å². The zero-order chi connectivity index (χ0) is 33.1. The fourth-order valence-electron chi connectivity index (χ4n) is 8.05. The Morgan fingerprint density at radius 3 is 1.56 bits per heavy atom. The van der Waals surface area contributed by atoms with Crippen LogP contribution in [0.25, 0.3) is 56.2 Å². The molecule has 0 radical (unpaired) electrons. The maximum absolute atomic E-state index is 6.81. The van der Waals surface area contributed by atoms with Crippen LogP contribution in [0.1, 0.15) is 22.3 Å². The highest BCUT2D eigenvalue weighted by atomic mass is 16.5. The molecule has 10 rings (SSSR count). The minimum absolute atomic E-state index is 0.511. The lowest BCUT2D eigenvalue weighted by molar-refractivity contribution is 0.436. The third-order valence-corrected chi connectivity index (χ3v) is 10.2. The van der Waals surface area contributed by atoms with Crippen molar-refractivity contribution in [2.75, 3.05) is 0 Å². The first-order valence-electron chi connectivity index (χ1n) is 17.0. The molecule has 8 aromatic rings. The molecule has 2 heterocycles. The summed E-state index contributed by atoms with van der Waals surface area (Å²) in [7, 11) is 0. The molecule has 1 aromatic heterocycles. The van der Waals surface area contributed by atoms with Crippen LogP contribution in [0.4, 0.5) is 0 Å². The highest BCUT2D eigenvalue weighted by molar-refractivity contribution is 5.89. The van der Waals surface area contributed by atoms with Crippen molar-refractivity contribution in [2.24, 2.45) is 0 Å². The number of fused-ring (bicyclic) bond motifs is 9. The topological polar surface area (TPSA) is 35.0 Å². The van der Waals surface area contributed by atoms with E-state index in [9.17, 15) is 0 Å². The maximum atomic E-state index is 6.81. The normalized spacial score (nSPS) is 13.1. The first-order chi connectivity index (χ1) is 24.8. The molecular weight excluding hydrogens is 609 g/mol. The molecule has 7 aromatic carbocycles. The molecule has 0 bridgehead atoms. The molecular formula is C47H30N2O. The first-order valence-corrected chi connectivity index (χ1v) is 17.0. The average molecular weight is 639 g/mol. The summed E-state index contributed by atoms with van der Waals surface area (Å²) in [6.45, 7) is 0. The van der Waals surface area contributed by atoms with E-state index in [1.54, 1.807) is 0 Å². The van der Waals surface area contributed by atoms with E-state index in [1.807, 2.05) is 12.1 Å². The first kappa shape index (κ1) is 28.4. The predicted molar refractivity (Wildman–Crippen MR) is 201 cm³/mol. The number of aromatic nitrogens is 2. The monoisotopic (exact) mass is 638 g/mol. The van der Waals surface area contributed by atoms with Crippen molar-refractivity contribution in [3.05, 3.63) is 204 Å². The van der Waals surface area contributed by atoms with Crippen LogP contribution in [0.2, 0.25) is 0 Å². The van der Waals surface area contributed by atoms with Crippen molar-refractivity contribution in [1.82, 2.24) is 9.97 Å². The summed E-state index contributed by atoms with van der Waals surface area (Å²) in [4.78, 5) is 10.5. The van der Waals surface area contributed by atoms with Gasteiger partial charge in [0.1, 0.15) is 11.5 Å². The minimum Gasteiger partial charge on any atom is -0.457 e. The number of ether oxygens (including phenoxy) is 1. The van der Waals surface area contributed by atoms with Gasteiger partial charge in [-0.1, -0.05) is 164 Å². The number of hydrogen-bond acceptors (Lipinski definition) is 3. The smallest absolute Gasteiger partial charge is 0.160 e. The summed E-state index contributed by atoms with van der Waals surface area (Å²) in [6.07, 6.45) is 0. The number of rotatable bonds is 4. The van der Waals surface area contributed by atoms with Crippen LogP contribution in [0.15, 0.2) is 182 Å². The molecule has 0 N–H and O–H groups in total. The van der Waals surface area contributed by atoms with Crippen LogP contribution >= 0.6 is 0 Å². The highest BCUT2D eigenvalue weighted by Gasteiger charge is 2.50. The zero-order valence-electron chi connectivity index (χ0n) is 27.1. The molecule has 1 spiro atoms. The van der Waals surface area contributed by atoms with Gasteiger partial charge in [0.05, 0.1) is 16.8 Å². The molecule has 3 heteroatoms. The number of para-hydroxylation sites is 1. The Morgan fingerprint density at radius 2 is 0.860 bits per heavy atom. The van der Waals surface area contributed by atoms with E-state index in [1.165, 1.54) is 22.3 Å². The van der Waals surface area contributed by atoms with Gasteiger partial charge in [-0.05, 0) is 51.6 Å². The predicted octanol–water partition coefficient (Wildman–Crippen LogP) is 11.6. The quantitative estimate of drug-likeness (QED) is 0.192. The Bertz CT molecular complexity index is 2530. The van der Waals surface area contributed by atoms with Gasteiger partial charge in [0.2, 0.25) is 0 Å². The molecule has 2 aliphatic rings. The van der Waals surface area contributed by atoms with Crippen LogP contribution in [0.3, 0.4) is 0 Å². The second-order valence-corrected chi connectivity index (χ2v) is 12.9. The summed E-state index contributed by atoms with van der Waals surface area (Å²) >= 11 is 0. The molecule has 0 atom stereocenters. The van der Waals surface area contributed by atoms with Gasteiger partial charge in [-0.25, -0.2) is 9.97 Å². The SMILES string of the molecule is c1ccc(-c2cc(-c3ccccc3-c3ccccc3)nc(-c3ccc4c(c3)Oc3ccccc3C43c4ccccc4-c4ccccc43)n2)cc1. The summed E-state index contributed by atoms with van der Waals surface area (Å²) < 4.78 is 6.81. The van der Waals surface area contributed by atoms with E-state index in [0.29, 0.717) is 5.82 Å². The summed E-state index contributed by atoms with van der Waals surface area (Å²) in [5.41, 5.74) is 13.8.